The van der Waals surface area contributed by atoms with Crippen LogP contribution in [0.4, 0.5) is 5.69 Å². The number of carbonyl (C=O) groups is 2. The van der Waals surface area contributed by atoms with Gasteiger partial charge in [0.2, 0.25) is 5.91 Å². The molecule has 210 valence electrons. The molecule has 0 atom stereocenters. The number of aromatic nitrogens is 2. The van der Waals surface area contributed by atoms with E-state index < -0.39 is 5.97 Å². The van der Waals surface area contributed by atoms with Gasteiger partial charge in [-0.15, -0.1) is 11.3 Å². The minimum absolute atomic E-state index is 0.0316. The van der Waals surface area contributed by atoms with E-state index >= 15 is 0 Å². The number of anilines is 1. The molecular weight excluding hydrogens is 510 g/mol. The molecule has 1 N–H and O–H groups in total. The van der Waals surface area contributed by atoms with Crippen molar-refractivity contribution in [3.8, 4) is 17.9 Å². The second-order valence-electron chi connectivity index (χ2n) is 12.1. The van der Waals surface area contributed by atoms with E-state index in [2.05, 4.69) is 35.7 Å². The summed E-state index contributed by atoms with van der Waals surface area (Å²) >= 11 is 1.16. The second-order valence-corrected chi connectivity index (χ2v) is 13.1. The van der Waals surface area contributed by atoms with E-state index in [9.17, 15) is 14.7 Å². The van der Waals surface area contributed by atoms with Gasteiger partial charge in [0.25, 0.3) is 0 Å². The molecule has 7 nitrogen and oxygen atoms in total. The van der Waals surface area contributed by atoms with E-state index in [1.54, 1.807) is 12.4 Å². The van der Waals surface area contributed by atoms with Gasteiger partial charge in [-0.05, 0) is 96.1 Å². The zero-order chi connectivity index (χ0) is 28.2. The SMILES string of the molecule is CCc1cnc(O[C@H]2CC[C@H](N(c3cc(C#CC(C)(C)C)sc3C(=O)O)C(=O)[C@H]3CC[C@H](C)CC3)CC2)nc1. The number of hydrogen-bond donors (Lipinski definition) is 1. The summed E-state index contributed by atoms with van der Waals surface area (Å²) in [6, 6.07) is 2.12. The van der Waals surface area contributed by atoms with Crippen molar-refractivity contribution < 1.29 is 19.4 Å². The van der Waals surface area contributed by atoms with E-state index in [1.807, 2.05) is 31.7 Å². The molecule has 0 unspecified atom stereocenters. The molecule has 0 aromatic carbocycles. The summed E-state index contributed by atoms with van der Waals surface area (Å²) in [6.07, 6.45) is 11.1. The predicted molar refractivity (Wildman–Crippen MR) is 154 cm³/mol. The lowest BCUT2D eigenvalue weighted by atomic mass is 9.81. The Labute approximate surface area is 236 Å². The third-order valence-electron chi connectivity index (χ3n) is 7.70. The minimum atomic E-state index is -1.02. The van der Waals surface area contributed by atoms with E-state index in [-0.39, 0.29) is 34.3 Å². The fourth-order valence-corrected chi connectivity index (χ4v) is 6.22. The van der Waals surface area contributed by atoms with Gasteiger partial charge in [0.1, 0.15) is 11.0 Å². The van der Waals surface area contributed by atoms with Gasteiger partial charge in [-0.3, -0.25) is 4.79 Å². The lowest BCUT2D eigenvalue weighted by molar-refractivity contribution is -0.124. The highest BCUT2D eigenvalue weighted by atomic mass is 32.1. The van der Waals surface area contributed by atoms with Crippen LogP contribution in [0.25, 0.3) is 0 Å². The number of carboxylic acid groups (broad SMARTS) is 1. The van der Waals surface area contributed by atoms with Crippen LogP contribution in [0.5, 0.6) is 6.01 Å². The van der Waals surface area contributed by atoms with Crippen molar-refractivity contribution in [1.82, 2.24) is 9.97 Å². The number of hydrogen-bond acceptors (Lipinski definition) is 6. The Morgan fingerprint density at radius 3 is 2.28 bits per heavy atom. The second kappa shape index (κ2) is 12.5. The van der Waals surface area contributed by atoms with E-state index in [1.165, 1.54) is 0 Å². The molecule has 2 heterocycles. The lowest BCUT2D eigenvalue weighted by Crippen LogP contribution is -2.47. The maximum atomic E-state index is 14.1. The van der Waals surface area contributed by atoms with Crippen LogP contribution in [0.15, 0.2) is 18.5 Å². The largest absolute Gasteiger partial charge is 0.477 e. The van der Waals surface area contributed by atoms with Crippen LogP contribution in [0, 0.1) is 29.1 Å². The van der Waals surface area contributed by atoms with Crippen LogP contribution in [-0.4, -0.2) is 39.1 Å². The van der Waals surface area contributed by atoms with Crippen molar-refractivity contribution in [3.63, 3.8) is 0 Å². The number of ether oxygens (including phenoxy) is 1. The Bertz CT molecular complexity index is 1210. The highest BCUT2D eigenvalue weighted by Crippen LogP contribution is 2.39. The topological polar surface area (TPSA) is 92.6 Å². The molecule has 0 spiro atoms. The summed E-state index contributed by atoms with van der Waals surface area (Å²) in [4.78, 5) is 37.8. The van der Waals surface area contributed by atoms with Crippen LogP contribution in [0.3, 0.4) is 0 Å². The van der Waals surface area contributed by atoms with Crippen molar-refractivity contribution >= 4 is 28.9 Å². The average molecular weight is 552 g/mol. The van der Waals surface area contributed by atoms with E-state index in [0.29, 0.717) is 22.5 Å². The van der Waals surface area contributed by atoms with Gasteiger partial charge in [0.05, 0.1) is 10.6 Å². The zero-order valence-corrected chi connectivity index (χ0v) is 24.6. The number of thiophene rings is 1. The van der Waals surface area contributed by atoms with Crippen molar-refractivity contribution in [3.05, 3.63) is 33.8 Å². The number of aryl methyl sites for hydroxylation is 1. The Kier molecular flexibility index (Phi) is 9.32. The number of carboxylic acids is 1. The highest BCUT2D eigenvalue weighted by molar-refractivity contribution is 7.15. The third kappa shape index (κ3) is 7.60. The molecular formula is C31H41N3O4S. The Balaban J connectivity index is 1.58. The van der Waals surface area contributed by atoms with Crippen molar-refractivity contribution in [2.45, 2.75) is 105 Å². The molecule has 2 fully saturated rings. The van der Waals surface area contributed by atoms with Gasteiger partial charge in [-0.25, -0.2) is 14.8 Å². The number of aromatic carboxylic acids is 1. The molecule has 8 heteroatoms. The molecule has 2 aromatic rings. The Hall–Kier alpha value is -2.92. The summed E-state index contributed by atoms with van der Waals surface area (Å²) in [5.74, 6) is 5.95. The zero-order valence-electron chi connectivity index (χ0n) is 23.8. The quantitative estimate of drug-likeness (QED) is 0.383. The average Bonchev–Trinajstić information content (AvgIpc) is 3.33. The third-order valence-corrected chi connectivity index (χ3v) is 8.73. The molecule has 1 amide bonds. The summed E-state index contributed by atoms with van der Waals surface area (Å²) in [5, 5.41) is 10.1. The maximum absolute atomic E-state index is 14.1. The van der Waals surface area contributed by atoms with Crippen LogP contribution >= 0.6 is 11.3 Å². The molecule has 0 aliphatic heterocycles. The molecule has 2 saturated carbocycles. The molecule has 2 aromatic heterocycles. The summed E-state index contributed by atoms with van der Waals surface area (Å²) in [7, 11) is 0. The molecule has 4 rings (SSSR count). The number of carbonyl (C=O) groups excluding carboxylic acids is 1. The number of rotatable bonds is 7. The first-order valence-electron chi connectivity index (χ1n) is 14.2. The molecule has 0 radical (unpaired) electrons. The Morgan fingerprint density at radius 1 is 1.08 bits per heavy atom. The summed E-state index contributed by atoms with van der Waals surface area (Å²) < 4.78 is 6.07. The standard InChI is InChI=1S/C31H41N3O4S/c1-6-21-18-32-30(33-19-21)38-24-13-11-23(12-14-24)34(28(35)22-9-7-20(2)8-10-22)26-17-25(15-16-31(3,4)5)39-27(26)29(36)37/h17-20,22-24H,6-14H2,1-5H3,(H,36,37)/t20-,22-,23-,24-. The summed E-state index contributed by atoms with van der Waals surface area (Å²) in [5.41, 5.74) is 1.35. The molecule has 39 heavy (non-hydrogen) atoms. The van der Waals surface area contributed by atoms with Crippen LogP contribution < -0.4 is 9.64 Å². The van der Waals surface area contributed by atoms with Crippen molar-refractivity contribution in [1.29, 1.82) is 0 Å². The van der Waals surface area contributed by atoms with Gasteiger partial charge >= 0.3 is 12.0 Å². The smallest absolute Gasteiger partial charge is 0.348 e. The molecule has 0 bridgehead atoms. The van der Waals surface area contributed by atoms with Gasteiger partial charge in [-0.2, -0.15) is 0 Å². The van der Waals surface area contributed by atoms with E-state index in [0.717, 1.165) is 74.7 Å². The molecule has 0 saturated heterocycles. The normalized spacial score (nSPS) is 23.4. The van der Waals surface area contributed by atoms with Gasteiger partial charge in [0.15, 0.2) is 0 Å². The van der Waals surface area contributed by atoms with Crippen LogP contribution in [0.2, 0.25) is 0 Å². The minimum Gasteiger partial charge on any atom is -0.477 e. The summed E-state index contributed by atoms with van der Waals surface area (Å²) in [6.45, 7) is 10.4. The number of amides is 1. The number of nitrogens with zero attached hydrogens (tertiary/aromatic N) is 3. The first kappa shape index (κ1) is 29.1. The predicted octanol–water partition coefficient (Wildman–Crippen LogP) is 6.75. The van der Waals surface area contributed by atoms with E-state index in [4.69, 9.17) is 4.74 Å². The van der Waals surface area contributed by atoms with Crippen molar-refractivity contribution in [2.24, 2.45) is 17.3 Å². The fourth-order valence-electron chi connectivity index (χ4n) is 5.38. The first-order chi connectivity index (χ1) is 18.5. The van der Waals surface area contributed by atoms with Crippen LogP contribution in [0.1, 0.15) is 106 Å². The van der Waals surface area contributed by atoms with Gasteiger partial charge < -0.3 is 14.7 Å². The Morgan fingerprint density at radius 2 is 1.72 bits per heavy atom. The monoisotopic (exact) mass is 551 g/mol. The van der Waals surface area contributed by atoms with Gasteiger partial charge in [0, 0.05) is 29.8 Å². The molecule has 2 aliphatic rings. The fraction of sp³-hybridized carbons (Fsp3) is 0.613. The van der Waals surface area contributed by atoms with Gasteiger partial charge in [-0.1, -0.05) is 25.7 Å². The highest BCUT2D eigenvalue weighted by Gasteiger charge is 2.38. The lowest BCUT2D eigenvalue weighted by Gasteiger charge is -2.39. The van der Waals surface area contributed by atoms with Crippen LogP contribution in [-0.2, 0) is 11.2 Å². The van der Waals surface area contributed by atoms with Crippen molar-refractivity contribution in [2.75, 3.05) is 4.90 Å². The molecule has 2 aliphatic carbocycles. The maximum Gasteiger partial charge on any atom is 0.348 e. The first-order valence-corrected chi connectivity index (χ1v) is 15.1.